The molecule has 3 rings (SSSR count). The van der Waals surface area contributed by atoms with Crippen LogP contribution in [0.25, 0.3) is 10.8 Å². The van der Waals surface area contributed by atoms with E-state index < -0.39 is 0 Å². The van der Waals surface area contributed by atoms with E-state index in [1.165, 1.54) is 0 Å². The van der Waals surface area contributed by atoms with Gasteiger partial charge in [0, 0.05) is 40.1 Å². The van der Waals surface area contributed by atoms with Crippen molar-refractivity contribution < 1.29 is 4.52 Å². The minimum atomic E-state index is 0.608. The molecule has 0 spiro atoms. The molecule has 96 valence electrons. The first kappa shape index (κ1) is 11.5. The Labute approximate surface area is 110 Å². The van der Waals surface area contributed by atoms with Gasteiger partial charge in [0.05, 0.1) is 6.54 Å². The van der Waals surface area contributed by atoms with Gasteiger partial charge in [-0.25, -0.2) is 0 Å². The lowest BCUT2D eigenvalue weighted by molar-refractivity contribution is 0.412. The standard InChI is InChI=1S/C14H14N4O/c1-9-6-11-12(8-16-9)13(15)2-3-14(11)17-7-10-4-5-19-18-10/h2-6,8,17H,7,15H2,1H3. The number of nitrogen functional groups attached to an aromatic ring is 1. The molecule has 0 bridgehead atoms. The highest BCUT2D eigenvalue weighted by molar-refractivity contribution is 6.00. The molecule has 3 N–H and O–H groups in total. The molecule has 2 heterocycles. The molecule has 0 amide bonds. The quantitative estimate of drug-likeness (QED) is 0.703. The highest BCUT2D eigenvalue weighted by atomic mass is 16.5. The largest absolute Gasteiger partial charge is 0.398 e. The summed E-state index contributed by atoms with van der Waals surface area (Å²) in [5.74, 6) is 0. The van der Waals surface area contributed by atoms with Crippen LogP contribution in [0.4, 0.5) is 11.4 Å². The second-order valence-electron chi connectivity index (χ2n) is 4.42. The van der Waals surface area contributed by atoms with Gasteiger partial charge in [-0.05, 0) is 25.1 Å². The maximum atomic E-state index is 5.97. The zero-order valence-corrected chi connectivity index (χ0v) is 10.6. The number of fused-ring (bicyclic) bond motifs is 1. The summed E-state index contributed by atoms with van der Waals surface area (Å²) in [5, 5.41) is 9.23. The molecular formula is C14H14N4O. The van der Waals surface area contributed by atoms with Gasteiger partial charge in [-0.3, -0.25) is 4.98 Å². The van der Waals surface area contributed by atoms with Crippen molar-refractivity contribution >= 4 is 22.1 Å². The Bertz CT molecular complexity index is 707. The maximum Gasteiger partial charge on any atom is 0.124 e. The summed E-state index contributed by atoms with van der Waals surface area (Å²) in [5.41, 5.74) is 9.53. The average molecular weight is 254 g/mol. The molecule has 0 unspecified atom stereocenters. The van der Waals surface area contributed by atoms with Crippen LogP contribution in [0.15, 0.2) is 41.2 Å². The predicted molar refractivity (Wildman–Crippen MR) is 74.7 cm³/mol. The third-order valence-corrected chi connectivity index (χ3v) is 3.02. The fourth-order valence-corrected chi connectivity index (χ4v) is 2.03. The number of nitrogens with two attached hydrogens (primary N) is 1. The lowest BCUT2D eigenvalue weighted by Gasteiger charge is -2.10. The number of aromatic nitrogens is 2. The Morgan fingerprint density at radius 3 is 2.95 bits per heavy atom. The number of pyridine rings is 1. The summed E-state index contributed by atoms with van der Waals surface area (Å²) in [6.45, 7) is 2.57. The van der Waals surface area contributed by atoms with Crippen LogP contribution in [0.3, 0.4) is 0 Å². The lowest BCUT2D eigenvalue weighted by Crippen LogP contribution is -2.01. The summed E-state index contributed by atoms with van der Waals surface area (Å²) in [7, 11) is 0. The first-order chi connectivity index (χ1) is 9.24. The Morgan fingerprint density at radius 1 is 1.26 bits per heavy atom. The predicted octanol–water partition coefficient (Wildman–Crippen LogP) is 2.73. The molecule has 0 radical (unpaired) electrons. The number of rotatable bonds is 3. The number of benzene rings is 1. The van der Waals surface area contributed by atoms with Crippen LogP contribution in [0.2, 0.25) is 0 Å². The molecule has 1 aromatic carbocycles. The smallest absolute Gasteiger partial charge is 0.124 e. The zero-order chi connectivity index (χ0) is 13.2. The highest BCUT2D eigenvalue weighted by Gasteiger charge is 2.05. The summed E-state index contributed by atoms with van der Waals surface area (Å²) < 4.78 is 4.81. The summed E-state index contributed by atoms with van der Waals surface area (Å²) in [6, 6.07) is 7.71. The Morgan fingerprint density at radius 2 is 2.16 bits per heavy atom. The van der Waals surface area contributed by atoms with Gasteiger partial charge in [0.2, 0.25) is 0 Å². The maximum absolute atomic E-state index is 5.97. The van der Waals surface area contributed by atoms with Crippen molar-refractivity contribution in [1.82, 2.24) is 10.1 Å². The van der Waals surface area contributed by atoms with Crippen molar-refractivity contribution in [2.45, 2.75) is 13.5 Å². The van der Waals surface area contributed by atoms with Crippen molar-refractivity contribution in [1.29, 1.82) is 0 Å². The number of anilines is 2. The van der Waals surface area contributed by atoms with E-state index in [-0.39, 0.29) is 0 Å². The van der Waals surface area contributed by atoms with Crippen LogP contribution >= 0.6 is 0 Å². The first-order valence-corrected chi connectivity index (χ1v) is 6.02. The zero-order valence-electron chi connectivity index (χ0n) is 10.6. The van der Waals surface area contributed by atoms with E-state index in [4.69, 9.17) is 10.3 Å². The van der Waals surface area contributed by atoms with Crippen LogP contribution < -0.4 is 11.1 Å². The number of hydrogen-bond acceptors (Lipinski definition) is 5. The Kier molecular flexibility index (Phi) is 2.79. The lowest BCUT2D eigenvalue weighted by atomic mass is 10.1. The molecule has 0 aliphatic carbocycles. The first-order valence-electron chi connectivity index (χ1n) is 6.02. The minimum absolute atomic E-state index is 0.608. The van der Waals surface area contributed by atoms with E-state index >= 15 is 0 Å². The van der Waals surface area contributed by atoms with Gasteiger partial charge in [-0.1, -0.05) is 5.16 Å². The van der Waals surface area contributed by atoms with E-state index in [1.54, 1.807) is 12.5 Å². The molecule has 3 aromatic rings. The summed E-state index contributed by atoms with van der Waals surface area (Å²) >= 11 is 0. The van der Waals surface area contributed by atoms with Gasteiger partial charge in [0.25, 0.3) is 0 Å². The fraction of sp³-hybridized carbons (Fsp3) is 0.143. The topological polar surface area (TPSA) is 77.0 Å². The summed E-state index contributed by atoms with van der Waals surface area (Å²) in [4.78, 5) is 4.28. The van der Waals surface area contributed by atoms with Crippen LogP contribution in [0.5, 0.6) is 0 Å². The monoisotopic (exact) mass is 254 g/mol. The van der Waals surface area contributed by atoms with Gasteiger partial charge in [0.15, 0.2) is 0 Å². The van der Waals surface area contributed by atoms with Crippen molar-refractivity contribution in [3.05, 3.63) is 48.1 Å². The molecule has 0 atom stereocenters. The van der Waals surface area contributed by atoms with Crippen molar-refractivity contribution in [3.8, 4) is 0 Å². The molecule has 0 saturated carbocycles. The second-order valence-corrected chi connectivity index (χ2v) is 4.42. The highest BCUT2D eigenvalue weighted by Crippen LogP contribution is 2.28. The molecular weight excluding hydrogens is 240 g/mol. The average Bonchev–Trinajstić information content (AvgIpc) is 2.91. The molecule has 2 aromatic heterocycles. The van der Waals surface area contributed by atoms with Crippen LogP contribution in [-0.2, 0) is 6.54 Å². The minimum Gasteiger partial charge on any atom is -0.398 e. The van der Waals surface area contributed by atoms with E-state index in [9.17, 15) is 0 Å². The second kappa shape index (κ2) is 4.61. The molecule has 5 heteroatoms. The summed E-state index contributed by atoms with van der Waals surface area (Å²) in [6.07, 6.45) is 3.37. The normalized spacial score (nSPS) is 10.8. The Balaban J connectivity index is 1.98. The third kappa shape index (κ3) is 2.22. The van der Waals surface area contributed by atoms with Crippen LogP contribution in [-0.4, -0.2) is 10.1 Å². The molecule has 0 fully saturated rings. The van der Waals surface area contributed by atoms with Gasteiger partial charge in [-0.15, -0.1) is 0 Å². The van der Waals surface area contributed by atoms with E-state index in [2.05, 4.69) is 15.5 Å². The molecule has 0 aliphatic heterocycles. The third-order valence-electron chi connectivity index (χ3n) is 3.02. The van der Waals surface area contributed by atoms with E-state index in [0.717, 1.165) is 33.5 Å². The van der Waals surface area contributed by atoms with Crippen LogP contribution in [0, 0.1) is 6.92 Å². The SMILES string of the molecule is Cc1cc2c(NCc3ccon3)ccc(N)c2cn1. The molecule has 0 aliphatic rings. The van der Waals surface area contributed by atoms with Crippen molar-refractivity contribution in [2.24, 2.45) is 0 Å². The number of hydrogen-bond donors (Lipinski definition) is 2. The molecule has 5 nitrogen and oxygen atoms in total. The van der Waals surface area contributed by atoms with Crippen molar-refractivity contribution in [3.63, 3.8) is 0 Å². The van der Waals surface area contributed by atoms with Gasteiger partial charge < -0.3 is 15.6 Å². The van der Waals surface area contributed by atoms with E-state index in [0.29, 0.717) is 6.54 Å². The number of nitrogens with one attached hydrogen (secondary N) is 1. The molecule has 19 heavy (non-hydrogen) atoms. The molecule has 0 saturated heterocycles. The Hall–Kier alpha value is -2.56. The van der Waals surface area contributed by atoms with Gasteiger partial charge in [-0.2, -0.15) is 0 Å². The fourth-order valence-electron chi connectivity index (χ4n) is 2.03. The van der Waals surface area contributed by atoms with Crippen molar-refractivity contribution in [2.75, 3.05) is 11.1 Å². The van der Waals surface area contributed by atoms with Gasteiger partial charge in [0.1, 0.15) is 12.0 Å². The number of nitrogens with zero attached hydrogens (tertiary/aromatic N) is 2. The number of aryl methyl sites for hydroxylation is 1. The van der Waals surface area contributed by atoms with E-state index in [1.807, 2.05) is 31.2 Å². The van der Waals surface area contributed by atoms with Crippen LogP contribution in [0.1, 0.15) is 11.4 Å². The van der Waals surface area contributed by atoms with Gasteiger partial charge >= 0.3 is 0 Å².